The number of aliphatic hydroxyl groups excluding tert-OH is 1. The number of imidazole rings is 1. The second-order valence-corrected chi connectivity index (χ2v) is 8.55. The van der Waals surface area contributed by atoms with Crippen LogP contribution in [0.5, 0.6) is 0 Å². The maximum atomic E-state index is 12.9. The van der Waals surface area contributed by atoms with Crippen molar-refractivity contribution in [1.82, 2.24) is 14.9 Å². The summed E-state index contributed by atoms with van der Waals surface area (Å²) in [6, 6.07) is 17.7. The zero-order valence-electron chi connectivity index (χ0n) is 17.7. The van der Waals surface area contributed by atoms with Crippen LogP contribution in [0.4, 0.5) is 5.69 Å². The summed E-state index contributed by atoms with van der Waals surface area (Å²) >= 11 is 1.29. The Bertz CT molecular complexity index is 1080. The number of nitrogens with one attached hydrogen (secondary N) is 1. The van der Waals surface area contributed by atoms with Crippen LogP contribution in [0.1, 0.15) is 23.2 Å². The predicted molar refractivity (Wildman–Crippen MR) is 124 cm³/mol. The molecule has 1 aliphatic heterocycles. The van der Waals surface area contributed by atoms with Gasteiger partial charge in [0.15, 0.2) is 5.16 Å². The maximum absolute atomic E-state index is 12.9. The fourth-order valence-electron chi connectivity index (χ4n) is 3.80. The number of hydrogen-bond donors (Lipinski definition) is 2. The summed E-state index contributed by atoms with van der Waals surface area (Å²) in [5.41, 5.74) is 3.72. The molecule has 0 unspecified atom stereocenters. The quantitative estimate of drug-likeness (QED) is 0.516. The third-order valence-electron chi connectivity index (χ3n) is 5.43. The van der Waals surface area contributed by atoms with Crippen LogP contribution in [-0.2, 0) is 35.7 Å². The van der Waals surface area contributed by atoms with E-state index < -0.39 is 0 Å². The van der Waals surface area contributed by atoms with Crippen molar-refractivity contribution in [3.8, 4) is 0 Å². The SMILES string of the molecule is O=C(Cn1c(CO)cnc1SCC(=O)N1CCCc2ccccc21)NCc1ccccc1. The number of anilines is 1. The number of para-hydroxylation sites is 1. The predicted octanol–water partition coefficient (Wildman–Crippen LogP) is 2.76. The number of benzene rings is 2. The average molecular weight is 451 g/mol. The first-order valence-electron chi connectivity index (χ1n) is 10.6. The molecule has 8 heteroatoms. The number of amides is 2. The van der Waals surface area contributed by atoms with E-state index in [0.717, 1.165) is 24.1 Å². The molecule has 2 aromatic carbocycles. The zero-order valence-corrected chi connectivity index (χ0v) is 18.6. The molecule has 0 atom stereocenters. The highest BCUT2D eigenvalue weighted by molar-refractivity contribution is 7.99. The number of carbonyl (C=O) groups excluding carboxylic acids is 2. The van der Waals surface area contributed by atoms with E-state index in [1.165, 1.54) is 17.3 Å². The van der Waals surface area contributed by atoms with Crippen LogP contribution in [0.3, 0.4) is 0 Å². The average Bonchev–Trinajstić information content (AvgIpc) is 3.22. The summed E-state index contributed by atoms with van der Waals surface area (Å²) in [6.07, 6.45) is 3.47. The van der Waals surface area contributed by atoms with Gasteiger partial charge in [-0.3, -0.25) is 9.59 Å². The van der Waals surface area contributed by atoms with Crippen molar-refractivity contribution in [3.05, 3.63) is 77.6 Å². The lowest BCUT2D eigenvalue weighted by Gasteiger charge is -2.29. The monoisotopic (exact) mass is 450 g/mol. The number of aryl methyl sites for hydroxylation is 1. The summed E-state index contributed by atoms with van der Waals surface area (Å²) in [5, 5.41) is 13.1. The van der Waals surface area contributed by atoms with E-state index in [1.54, 1.807) is 10.8 Å². The first-order valence-corrected chi connectivity index (χ1v) is 11.6. The highest BCUT2D eigenvalue weighted by Crippen LogP contribution is 2.28. The highest BCUT2D eigenvalue weighted by Gasteiger charge is 2.23. The molecule has 4 rings (SSSR count). The molecular formula is C24H26N4O3S. The van der Waals surface area contributed by atoms with Crippen molar-refractivity contribution < 1.29 is 14.7 Å². The standard InChI is InChI=1S/C24H26N4O3S/c29-16-20-14-26-24(28(20)15-22(30)25-13-18-7-2-1-3-8-18)32-17-23(31)27-12-6-10-19-9-4-5-11-21(19)27/h1-5,7-9,11,14,29H,6,10,12-13,15-17H2,(H,25,30). The first-order chi connectivity index (χ1) is 15.7. The van der Waals surface area contributed by atoms with Gasteiger partial charge in [-0.25, -0.2) is 4.98 Å². The molecular weight excluding hydrogens is 424 g/mol. The van der Waals surface area contributed by atoms with E-state index in [2.05, 4.69) is 16.4 Å². The largest absolute Gasteiger partial charge is 0.390 e. The number of thioether (sulfide) groups is 1. The van der Waals surface area contributed by atoms with Crippen LogP contribution in [-0.4, -0.2) is 38.8 Å². The lowest BCUT2D eigenvalue weighted by molar-refractivity contribution is -0.122. The van der Waals surface area contributed by atoms with Crippen LogP contribution in [0.25, 0.3) is 0 Å². The Hall–Kier alpha value is -3.10. The lowest BCUT2D eigenvalue weighted by atomic mass is 10.0. The van der Waals surface area contributed by atoms with Gasteiger partial charge in [-0.2, -0.15) is 0 Å². The van der Waals surface area contributed by atoms with Crippen molar-refractivity contribution >= 4 is 29.3 Å². The van der Waals surface area contributed by atoms with Gasteiger partial charge in [-0.05, 0) is 30.0 Å². The molecule has 0 saturated heterocycles. The van der Waals surface area contributed by atoms with Crippen LogP contribution < -0.4 is 10.2 Å². The fourth-order valence-corrected chi connectivity index (χ4v) is 4.67. The van der Waals surface area contributed by atoms with E-state index in [1.807, 2.05) is 53.4 Å². The van der Waals surface area contributed by atoms with E-state index in [4.69, 9.17) is 0 Å². The van der Waals surface area contributed by atoms with Crippen molar-refractivity contribution in [2.75, 3.05) is 17.2 Å². The molecule has 0 fully saturated rings. The third kappa shape index (κ3) is 5.20. The molecule has 32 heavy (non-hydrogen) atoms. The van der Waals surface area contributed by atoms with E-state index in [-0.39, 0.29) is 30.7 Å². The van der Waals surface area contributed by atoms with Gasteiger partial charge < -0.3 is 19.9 Å². The Morgan fingerprint density at radius 1 is 1.09 bits per heavy atom. The summed E-state index contributed by atoms with van der Waals surface area (Å²) < 4.78 is 1.67. The van der Waals surface area contributed by atoms with Crippen LogP contribution >= 0.6 is 11.8 Å². The molecule has 0 bridgehead atoms. The van der Waals surface area contributed by atoms with Gasteiger partial charge >= 0.3 is 0 Å². The van der Waals surface area contributed by atoms with Crippen molar-refractivity contribution in [3.63, 3.8) is 0 Å². The summed E-state index contributed by atoms with van der Waals surface area (Å²) in [7, 11) is 0. The molecule has 2 N–H and O–H groups in total. The summed E-state index contributed by atoms with van der Waals surface area (Å²) in [6.45, 7) is 0.936. The normalized spacial score (nSPS) is 13.0. The fraction of sp³-hybridized carbons (Fsp3) is 0.292. The Morgan fingerprint density at radius 2 is 1.88 bits per heavy atom. The number of hydrogen-bond acceptors (Lipinski definition) is 5. The number of aromatic nitrogens is 2. The Kier molecular flexibility index (Phi) is 7.24. The van der Waals surface area contributed by atoms with Crippen LogP contribution in [0.2, 0.25) is 0 Å². The molecule has 0 spiro atoms. The summed E-state index contributed by atoms with van der Waals surface area (Å²) in [5.74, 6) is 0.0393. The van der Waals surface area contributed by atoms with Crippen LogP contribution in [0, 0.1) is 0 Å². The van der Waals surface area contributed by atoms with Crippen molar-refractivity contribution in [2.45, 2.75) is 37.7 Å². The minimum absolute atomic E-state index is 0.00998. The number of carbonyl (C=O) groups is 2. The maximum Gasteiger partial charge on any atom is 0.240 e. The van der Waals surface area contributed by atoms with Crippen molar-refractivity contribution in [2.24, 2.45) is 0 Å². The zero-order chi connectivity index (χ0) is 22.3. The highest BCUT2D eigenvalue weighted by atomic mass is 32.2. The minimum Gasteiger partial charge on any atom is -0.390 e. The van der Waals surface area contributed by atoms with Gasteiger partial charge in [0.2, 0.25) is 11.8 Å². The lowest BCUT2D eigenvalue weighted by Crippen LogP contribution is -2.36. The Balaban J connectivity index is 1.39. The molecule has 0 saturated carbocycles. The van der Waals surface area contributed by atoms with Crippen LogP contribution in [0.15, 0.2) is 66.0 Å². The second-order valence-electron chi connectivity index (χ2n) is 7.61. The van der Waals surface area contributed by atoms with E-state index >= 15 is 0 Å². The molecule has 0 aliphatic carbocycles. The van der Waals surface area contributed by atoms with Gasteiger partial charge in [0.05, 0.1) is 24.3 Å². The van der Waals surface area contributed by atoms with E-state index in [0.29, 0.717) is 23.9 Å². The first kappa shape index (κ1) is 22.1. The number of rotatable bonds is 8. The van der Waals surface area contributed by atoms with Gasteiger partial charge in [0, 0.05) is 18.8 Å². The van der Waals surface area contributed by atoms with Gasteiger partial charge in [0.25, 0.3) is 0 Å². The molecule has 2 amide bonds. The van der Waals surface area contributed by atoms with E-state index in [9.17, 15) is 14.7 Å². The molecule has 3 aromatic rings. The van der Waals surface area contributed by atoms with Gasteiger partial charge in [-0.15, -0.1) is 0 Å². The molecule has 1 aliphatic rings. The minimum atomic E-state index is -0.229. The molecule has 0 radical (unpaired) electrons. The topological polar surface area (TPSA) is 87.5 Å². The van der Waals surface area contributed by atoms with Crippen molar-refractivity contribution in [1.29, 1.82) is 0 Å². The summed E-state index contributed by atoms with van der Waals surface area (Å²) in [4.78, 5) is 31.6. The van der Waals surface area contributed by atoms with Gasteiger partial charge in [0.1, 0.15) is 6.54 Å². The number of fused-ring (bicyclic) bond motifs is 1. The van der Waals surface area contributed by atoms with Gasteiger partial charge in [-0.1, -0.05) is 60.3 Å². The number of nitrogens with zero attached hydrogens (tertiary/aromatic N) is 3. The Labute approximate surface area is 191 Å². The second kappa shape index (κ2) is 10.5. The number of aliphatic hydroxyl groups is 1. The molecule has 166 valence electrons. The smallest absolute Gasteiger partial charge is 0.240 e. The molecule has 7 nitrogen and oxygen atoms in total. The third-order valence-corrected chi connectivity index (χ3v) is 6.41. The molecule has 1 aromatic heterocycles. The Morgan fingerprint density at radius 3 is 2.69 bits per heavy atom. The molecule has 2 heterocycles.